The second-order valence-corrected chi connectivity index (χ2v) is 4.91. The fraction of sp³-hybridized carbons (Fsp3) is 0.500. The van der Waals surface area contributed by atoms with Gasteiger partial charge in [0.05, 0.1) is 0 Å². The van der Waals surface area contributed by atoms with Crippen molar-refractivity contribution in [2.75, 3.05) is 0 Å². The number of phenols is 1. The number of hydrogen-bond acceptors (Lipinski definition) is 2. The monoisotopic (exact) mass is 225 g/mol. The van der Waals surface area contributed by atoms with Crippen LogP contribution >= 0.6 is 11.6 Å². The van der Waals surface area contributed by atoms with Crippen molar-refractivity contribution >= 4 is 11.6 Å². The molecule has 1 aromatic carbocycles. The zero-order valence-electron chi connectivity index (χ0n) is 8.89. The van der Waals surface area contributed by atoms with Crippen LogP contribution in [0.3, 0.4) is 0 Å². The zero-order valence-corrected chi connectivity index (χ0v) is 9.64. The molecule has 3 heteroatoms. The Hall–Kier alpha value is -0.730. The summed E-state index contributed by atoms with van der Waals surface area (Å²) >= 11 is 6.02. The molecule has 2 N–H and O–H groups in total. The summed E-state index contributed by atoms with van der Waals surface area (Å²) in [6, 6.07) is 5.24. The molecular formula is C12H16ClNO. The fourth-order valence-corrected chi connectivity index (χ4v) is 2.14. The number of halogens is 1. The molecule has 0 aliphatic heterocycles. The van der Waals surface area contributed by atoms with Crippen LogP contribution in [-0.2, 0) is 6.54 Å². The van der Waals surface area contributed by atoms with Crippen LogP contribution in [-0.4, -0.2) is 10.6 Å². The highest BCUT2D eigenvalue weighted by molar-refractivity contribution is 6.31. The van der Waals surface area contributed by atoms with Crippen molar-refractivity contribution in [3.8, 4) is 5.75 Å². The Morgan fingerprint density at radius 1 is 1.47 bits per heavy atom. The highest BCUT2D eigenvalue weighted by atomic mass is 35.5. The van der Waals surface area contributed by atoms with E-state index in [1.165, 1.54) is 19.3 Å². The van der Waals surface area contributed by atoms with Crippen LogP contribution in [0, 0.1) is 0 Å². The van der Waals surface area contributed by atoms with Crippen LogP contribution in [0.2, 0.25) is 5.02 Å². The van der Waals surface area contributed by atoms with Gasteiger partial charge in [-0.2, -0.15) is 0 Å². The fourth-order valence-electron chi connectivity index (χ4n) is 1.91. The molecule has 1 fully saturated rings. The van der Waals surface area contributed by atoms with E-state index in [2.05, 4.69) is 12.2 Å². The van der Waals surface area contributed by atoms with Gasteiger partial charge in [0.2, 0.25) is 0 Å². The normalized spacial score (nSPS) is 18.5. The predicted octanol–water partition coefficient (Wildman–Crippen LogP) is 3.08. The first-order chi connectivity index (χ1) is 7.11. The summed E-state index contributed by atoms with van der Waals surface area (Å²) in [6.45, 7) is 2.85. The lowest BCUT2D eigenvalue weighted by Crippen LogP contribution is -2.47. The average Bonchev–Trinajstić information content (AvgIpc) is 2.14. The smallest absolute Gasteiger partial charge is 0.121 e. The summed E-state index contributed by atoms with van der Waals surface area (Å²) in [5.74, 6) is 0.276. The highest BCUT2D eigenvalue weighted by Gasteiger charge is 2.31. The predicted molar refractivity (Wildman–Crippen MR) is 62.2 cm³/mol. The number of rotatable bonds is 3. The van der Waals surface area contributed by atoms with E-state index in [-0.39, 0.29) is 11.3 Å². The molecule has 0 unspecified atom stereocenters. The maximum atomic E-state index is 9.65. The van der Waals surface area contributed by atoms with Gasteiger partial charge in [-0.05, 0) is 38.3 Å². The minimum Gasteiger partial charge on any atom is -0.508 e. The standard InChI is InChI=1S/C12H16ClNO/c1-12(6-3-7-12)14-8-9-10(13)4-2-5-11(9)15/h2,4-5,14-15H,3,6-8H2,1H3. The molecule has 0 aromatic heterocycles. The molecule has 2 rings (SSSR count). The summed E-state index contributed by atoms with van der Waals surface area (Å²) in [5, 5.41) is 13.7. The second-order valence-electron chi connectivity index (χ2n) is 4.51. The van der Waals surface area contributed by atoms with Crippen LogP contribution in [0.1, 0.15) is 31.7 Å². The van der Waals surface area contributed by atoms with Gasteiger partial charge in [0.15, 0.2) is 0 Å². The van der Waals surface area contributed by atoms with E-state index in [1.807, 2.05) is 0 Å². The van der Waals surface area contributed by atoms with Crippen molar-refractivity contribution in [1.82, 2.24) is 5.32 Å². The largest absolute Gasteiger partial charge is 0.508 e. The van der Waals surface area contributed by atoms with Crippen LogP contribution in [0.25, 0.3) is 0 Å². The number of nitrogens with one attached hydrogen (secondary N) is 1. The molecule has 0 heterocycles. The average molecular weight is 226 g/mol. The van der Waals surface area contributed by atoms with Crippen molar-refractivity contribution in [3.63, 3.8) is 0 Å². The van der Waals surface area contributed by atoms with E-state index in [0.717, 1.165) is 5.56 Å². The van der Waals surface area contributed by atoms with Crippen molar-refractivity contribution in [1.29, 1.82) is 0 Å². The Balaban J connectivity index is 2.04. The third-order valence-electron chi connectivity index (χ3n) is 3.24. The van der Waals surface area contributed by atoms with Gasteiger partial charge in [0.25, 0.3) is 0 Å². The van der Waals surface area contributed by atoms with Gasteiger partial charge in [-0.3, -0.25) is 0 Å². The molecule has 1 aliphatic carbocycles. The molecule has 15 heavy (non-hydrogen) atoms. The van der Waals surface area contributed by atoms with Gasteiger partial charge < -0.3 is 10.4 Å². The maximum absolute atomic E-state index is 9.65. The quantitative estimate of drug-likeness (QED) is 0.829. The number of phenolic OH excluding ortho intramolecular Hbond substituents is 1. The highest BCUT2D eigenvalue weighted by Crippen LogP contribution is 2.32. The van der Waals surface area contributed by atoms with Crippen LogP contribution in [0.15, 0.2) is 18.2 Å². The van der Waals surface area contributed by atoms with Gasteiger partial charge in [-0.15, -0.1) is 0 Å². The molecule has 1 aliphatic rings. The zero-order chi connectivity index (χ0) is 10.9. The molecule has 1 saturated carbocycles. The van der Waals surface area contributed by atoms with E-state index in [1.54, 1.807) is 18.2 Å². The minimum atomic E-state index is 0.242. The number of aromatic hydroxyl groups is 1. The summed E-state index contributed by atoms with van der Waals surface area (Å²) in [7, 11) is 0. The van der Waals surface area contributed by atoms with Crippen LogP contribution in [0.4, 0.5) is 0 Å². The second kappa shape index (κ2) is 4.03. The number of benzene rings is 1. The van der Waals surface area contributed by atoms with E-state index >= 15 is 0 Å². The van der Waals surface area contributed by atoms with Gasteiger partial charge in [0.1, 0.15) is 5.75 Å². The van der Waals surface area contributed by atoms with E-state index < -0.39 is 0 Å². The van der Waals surface area contributed by atoms with Crippen LogP contribution in [0.5, 0.6) is 5.75 Å². The molecule has 1 aromatic rings. The van der Waals surface area contributed by atoms with Crippen molar-refractivity contribution in [2.45, 2.75) is 38.3 Å². The van der Waals surface area contributed by atoms with Gasteiger partial charge in [-0.25, -0.2) is 0 Å². The summed E-state index contributed by atoms with van der Waals surface area (Å²) in [4.78, 5) is 0. The van der Waals surface area contributed by atoms with Crippen molar-refractivity contribution < 1.29 is 5.11 Å². The lowest BCUT2D eigenvalue weighted by Gasteiger charge is -2.39. The minimum absolute atomic E-state index is 0.242. The first-order valence-corrected chi connectivity index (χ1v) is 5.70. The first kappa shape index (κ1) is 10.8. The lowest BCUT2D eigenvalue weighted by molar-refractivity contribution is 0.206. The molecule has 0 bridgehead atoms. The topological polar surface area (TPSA) is 32.3 Å². The van der Waals surface area contributed by atoms with Crippen molar-refractivity contribution in [2.24, 2.45) is 0 Å². The van der Waals surface area contributed by atoms with Gasteiger partial charge >= 0.3 is 0 Å². The summed E-state index contributed by atoms with van der Waals surface area (Å²) < 4.78 is 0. The van der Waals surface area contributed by atoms with Crippen molar-refractivity contribution in [3.05, 3.63) is 28.8 Å². The van der Waals surface area contributed by atoms with E-state index in [4.69, 9.17) is 11.6 Å². The Labute approximate surface area is 95.3 Å². The summed E-state index contributed by atoms with van der Waals surface area (Å²) in [6.07, 6.45) is 3.70. The molecule has 0 spiro atoms. The molecule has 0 radical (unpaired) electrons. The Morgan fingerprint density at radius 2 is 2.20 bits per heavy atom. The Kier molecular flexibility index (Phi) is 2.89. The summed E-state index contributed by atoms with van der Waals surface area (Å²) in [5.41, 5.74) is 1.04. The Bertz CT molecular complexity index is 340. The third-order valence-corrected chi connectivity index (χ3v) is 3.60. The molecule has 0 atom stereocenters. The molecule has 82 valence electrons. The first-order valence-electron chi connectivity index (χ1n) is 5.32. The van der Waals surface area contributed by atoms with Gasteiger partial charge in [0, 0.05) is 22.7 Å². The van der Waals surface area contributed by atoms with E-state index in [9.17, 15) is 5.11 Å². The molecular weight excluding hydrogens is 210 g/mol. The molecule has 0 amide bonds. The third kappa shape index (κ3) is 2.27. The lowest BCUT2D eigenvalue weighted by atomic mass is 9.78. The van der Waals surface area contributed by atoms with E-state index in [0.29, 0.717) is 11.6 Å². The molecule has 0 saturated heterocycles. The Morgan fingerprint density at radius 3 is 2.73 bits per heavy atom. The SMILES string of the molecule is CC1(NCc2c(O)cccc2Cl)CCC1. The molecule has 2 nitrogen and oxygen atoms in total. The maximum Gasteiger partial charge on any atom is 0.121 e. The van der Waals surface area contributed by atoms with Gasteiger partial charge in [-0.1, -0.05) is 17.7 Å². The number of hydrogen-bond donors (Lipinski definition) is 2. The van der Waals surface area contributed by atoms with Crippen LogP contribution < -0.4 is 5.32 Å².